The first kappa shape index (κ1) is 21.0. The van der Waals surface area contributed by atoms with Crippen LogP contribution in [0.2, 0.25) is 0 Å². The zero-order valence-corrected chi connectivity index (χ0v) is 17.3. The largest absolute Gasteiger partial charge is 0.494 e. The van der Waals surface area contributed by atoms with Crippen LogP contribution in [0.15, 0.2) is 57.4 Å². The second kappa shape index (κ2) is 9.68. The molecule has 0 aliphatic carbocycles. The number of nitrogens with zero attached hydrogens (tertiary/aromatic N) is 1. The predicted octanol–water partition coefficient (Wildman–Crippen LogP) is 3.21. The van der Waals surface area contributed by atoms with Gasteiger partial charge in [-0.25, -0.2) is 18.1 Å². The van der Waals surface area contributed by atoms with Gasteiger partial charge in [-0.05, 0) is 43.3 Å². The van der Waals surface area contributed by atoms with Gasteiger partial charge in [0.1, 0.15) is 12.4 Å². The fraction of sp³-hybridized carbons (Fsp3) is 0.263. The van der Waals surface area contributed by atoms with Gasteiger partial charge in [0.15, 0.2) is 10.8 Å². The number of aromatic nitrogens is 1. The van der Waals surface area contributed by atoms with Gasteiger partial charge in [-0.15, -0.1) is 11.3 Å². The summed E-state index contributed by atoms with van der Waals surface area (Å²) in [7, 11) is -3.71. The third-order valence-electron chi connectivity index (χ3n) is 3.73. The molecule has 3 aromatic rings. The molecule has 0 spiro atoms. The number of furan rings is 1. The molecule has 0 aliphatic rings. The standard InChI is InChI=1S/C19H20N2O6S2/c1-2-25-15-5-7-16(8-6-15)29(23,24)20-10-9-18(22)27-12-14-13-28-19(21-14)17-4-3-11-26-17/h3-8,11,13,20H,2,9-10,12H2,1H3. The Morgan fingerprint density at radius 2 is 2.03 bits per heavy atom. The minimum absolute atomic E-state index is 0.0156. The van der Waals surface area contributed by atoms with Gasteiger partial charge in [-0.1, -0.05) is 0 Å². The summed E-state index contributed by atoms with van der Waals surface area (Å²) in [5, 5.41) is 2.48. The molecule has 2 heterocycles. The molecular formula is C19H20N2O6S2. The Kier molecular flexibility index (Phi) is 7.02. The Morgan fingerprint density at radius 1 is 1.24 bits per heavy atom. The molecule has 0 radical (unpaired) electrons. The number of ether oxygens (including phenoxy) is 2. The molecule has 0 fully saturated rings. The first-order chi connectivity index (χ1) is 14.0. The van der Waals surface area contributed by atoms with Crippen molar-refractivity contribution in [1.82, 2.24) is 9.71 Å². The lowest BCUT2D eigenvalue weighted by atomic mass is 10.3. The fourth-order valence-corrected chi connectivity index (χ4v) is 4.17. The van der Waals surface area contributed by atoms with E-state index >= 15 is 0 Å². The van der Waals surface area contributed by atoms with E-state index in [0.29, 0.717) is 28.8 Å². The zero-order valence-electron chi connectivity index (χ0n) is 15.7. The molecule has 3 rings (SSSR count). The predicted molar refractivity (Wildman–Crippen MR) is 107 cm³/mol. The zero-order chi connectivity index (χ0) is 20.7. The van der Waals surface area contributed by atoms with E-state index in [4.69, 9.17) is 13.9 Å². The molecule has 10 heteroatoms. The van der Waals surface area contributed by atoms with Crippen molar-refractivity contribution in [3.8, 4) is 16.5 Å². The Labute approximate surface area is 172 Å². The average Bonchev–Trinajstić information content (AvgIpc) is 3.39. The van der Waals surface area contributed by atoms with Gasteiger partial charge in [0.05, 0.1) is 29.9 Å². The maximum absolute atomic E-state index is 12.3. The topological polar surface area (TPSA) is 108 Å². The number of carbonyl (C=O) groups is 1. The summed E-state index contributed by atoms with van der Waals surface area (Å²) in [6, 6.07) is 9.62. The number of nitrogens with one attached hydrogen (secondary N) is 1. The molecule has 2 aromatic heterocycles. The highest BCUT2D eigenvalue weighted by Gasteiger charge is 2.15. The minimum Gasteiger partial charge on any atom is -0.494 e. The summed E-state index contributed by atoms with van der Waals surface area (Å²) in [5.74, 6) is 0.718. The lowest BCUT2D eigenvalue weighted by molar-refractivity contribution is -0.144. The summed E-state index contributed by atoms with van der Waals surface area (Å²) in [5.41, 5.74) is 0.602. The van der Waals surface area contributed by atoms with E-state index in [1.807, 2.05) is 6.92 Å². The molecule has 1 N–H and O–H groups in total. The van der Waals surface area contributed by atoms with E-state index in [-0.39, 0.29) is 24.5 Å². The van der Waals surface area contributed by atoms with Crippen LogP contribution < -0.4 is 9.46 Å². The van der Waals surface area contributed by atoms with Gasteiger partial charge < -0.3 is 13.9 Å². The number of hydrogen-bond donors (Lipinski definition) is 1. The van der Waals surface area contributed by atoms with E-state index in [9.17, 15) is 13.2 Å². The van der Waals surface area contributed by atoms with Crippen molar-refractivity contribution in [2.24, 2.45) is 0 Å². The minimum atomic E-state index is -3.71. The highest BCUT2D eigenvalue weighted by atomic mass is 32.2. The number of hydrogen-bond acceptors (Lipinski definition) is 8. The van der Waals surface area contributed by atoms with Gasteiger partial charge in [-0.3, -0.25) is 4.79 Å². The number of esters is 1. The van der Waals surface area contributed by atoms with Crippen LogP contribution in [0.3, 0.4) is 0 Å². The van der Waals surface area contributed by atoms with Crippen molar-refractivity contribution >= 4 is 27.3 Å². The van der Waals surface area contributed by atoms with Crippen molar-refractivity contribution in [1.29, 1.82) is 0 Å². The summed E-state index contributed by atoms with van der Waals surface area (Å²) in [6.45, 7) is 2.29. The van der Waals surface area contributed by atoms with Crippen molar-refractivity contribution < 1.29 is 27.1 Å². The third-order valence-corrected chi connectivity index (χ3v) is 6.11. The van der Waals surface area contributed by atoms with E-state index in [0.717, 1.165) is 0 Å². The Balaban J connectivity index is 1.43. The number of rotatable bonds is 10. The first-order valence-corrected chi connectivity index (χ1v) is 11.2. The van der Waals surface area contributed by atoms with Gasteiger partial charge in [0.2, 0.25) is 10.0 Å². The Hall–Kier alpha value is -2.69. The molecule has 0 aliphatic heterocycles. The summed E-state index contributed by atoms with van der Waals surface area (Å²) in [6.07, 6.45) is 1.47. The van der Waals surface area contributed by atoms with E-state index in [1.54, 1.807) is 35.9 Å². The quantitative estimate of drug-likeness (QED) is 0.486. The van der Waals surface area contributed by atoms with Gasteiger partial charge in [0.25, 0.3) is 0 Å². The summed E-state index contributed by atoms with van der Waals surface area (Å²) < 4.78 is 42.6. The maximum atomic E-state index is 12.3. The highest BCUT2D eigenvalue weighted by molar-refractivity contribution is 7.89. The second-order valence-electron chi connectivity index (χ2n) is 5.83. The van der Waals surface area contributed by atoms with Gasteiger partial charge in [-0.2, -0.15) is 0 Å². The maximum Gasteiger partial charge on any atom is 0.307 e. The van der Waals surface area contributed by atoms with Crippen molar-refractivity contribution in [2.45, 2.75) is 24.8 Å². The van der Waals surface area contributed by atoms with Crippen LogP contribution in [0.4, 0.5) is 0 Å². The van der Waals surface area contributed by atoms with Crippen LogP contribution in [-0.2, 0) is 26.2 Å². The number of sulfonamides is 1. The summed E-state index contributed by atoms with van der Waals surface area (Å²) >= 11 is 1.38. The number of thiazole rings is 1. The van der Waals surface area contributed by atoms with Crippen molar-refractivity contribution in [3.05, 3.63) is 53.7 Å². The van der Waals surface area contributed by atoms with Crippen molar-refractivity contribution in [3.63, 3.8) is 0 Å². The van der Waals surface area contributed by atoms with Crippen LogP contribution in [0, 0.1) is 0 Å². The normalized spacial score (nSPS) is 11.3. The summed E-state index contributed by atoms with van der Waals surface area (Å²) in [4.78, 5) is 16.3. The molecule has 29 heavy (non-hydrogen) atoms. The van der Waals surface area contributed by atoms with Gasteiger partial charge >= 0.3 is 5.97 Å². The molecule has 0 saturated carbocycles. The smallest absolute Gasteiger partial charge is 0.307 e. The Morgan fingerprint density at radius 3 is 2.72 bits per heavy atom. The van der Waals surface area contributed by atoms with Crippen LogP contribution >= 0.6 is 11.3 Å². The molecule has 8 nitrogen and oxygen atoms in total. The van der Waals surface area contributed by atoms with E-state index < -0.39 is 16.0 Å². The highest BCUT2D eigenvalue weighted by Crippen LogP contribution is 2.24. The Bertz CT molecular complexity index is 1030. The van der Waals surface area contributed by atoms with Crippen molar-refractivity contribution in [2.75, 3.05) is 13.2 Å². The molecular weight excluding hydrogens is 416 g/mol. The average molecular weight is 437 g/mol. The fourth-order valence-electron chi connectivity index (χ4n) is 2.37. The van der Waals surface area contributed by atoms with E-state index in [1.165, 1.54) is 23.5 Å². The molecule has 0 unspecified atom stereocenters. The second-order valence-corrected chi connectivity index (χ2v) is 8.46. The lowest BCUT2D eigenvalue weighted by Crippen LogP contribution is -2.26. The van der Waals surface area contributed by atoms with Crippen LogP contribution in [0.5, 0.6) is 5.75 Å². The molecule has 154 valence electrons. The SMILES string of the molecule is CCOc1ccc(S(=O)(=O)NCCC(=O)OCc2csc(-c3ccco3)n2)cc1. The van der Waals surface area contributed by atoms with Crippen LogP contribution in [0.1, 0.15) is 19.0 Å². The molecule has 0 saturated heterocycles. The number of carbonyl (C=O) groups excluding carboxylic acids is 1. The lowest BCUT2D eigenvalue weighted by Gasteiger charge is -2.08. The van der Waals surface area contributed by atoms with Crippen LogP contribution in [-0.4, -0.2) is 32.5 Å². The third kappa shape index (κ3) is 5.89. The number of benzene rings is 1. The van der Waals surface area contributed by atoms with Crippen LogP contribution in [0.25, 0.3) is 10.8 Å². The first-order valence-electron chi connectivity index (χ1n) is 8.84. The monoisotopic (exact) mass is 436 g/mol. The molecule has 0 bridgehead atoms. The molecule has 1 aromatic carbocycles. The van der Waals surface area contributed by atoms with E-state index in [2.05, 4.69) is 9.71 Å². The molecule has 0 amide bonds. The van der Waals surface area contributed by atoms with Gasteiger partial charge in [0, 0.05) is 11.9 Å². The molecule has 0 atom stereocenters.